The molecule has 0 aliphatic heterocycles. The molecule has 2 aromatic carbocycles. The second-order valence-corrected chi connectivity index (χ2v) is 5.77. The van der Waals surface area contributed by atoms with E-state index >= 15 is 0 Å². The lowest BCUT2D eigenvalue weighted by molar-refractivity contribution is 0.419. The van der Waals surface area contributed by atoms with Gasteiger partial charge >= 0.3 is 0 Å². The first-order valence-electron chi connectivity index (χ1n) is 6.96. The van der Waals surface area contributed by atoms with Gasteiger partial charge in [-0.1, -0.05) is 36.7 Å². The summed E-state index contributed by atoms with van der Waals surface area (Å²) < 4.78 is 5.43. The van der Waals surface area contributed by atoms with Crippen LogP contribution in [0.25, 0.3) is 22.0 Å². The third kappa shape index (κ3) is 1.83. The van der Waals surface area contributed by atoms with E-state index in [4.69, 9.17) is 16.3 Å². The number of aromatic nitrogens is 1. The van der Waals surface area contributed by atoms with Crippen LogP contribution in [0, 0.1) is 0 Å². The van der Waals surface area contributed by atoms with Gasteiger partial charge in [0.2, 0.25) is 0 Å². The van der Waals surface area contributed by atoms with Crippen LogP contribution in [0.5, 0.6) is 5.75 Å². The molecule has 0 bridgehead atoms. The Balaban J connectivity index is 1.92. The number of nitrogens with zero attached hydrogens (tertiary/aromatic N) is 1. The van der Waals surface area contributed by atoms with Crippen LogP contribution in [0.1, 0.15) is 24.0 Å². The summed E-state index contributed by atoms with van der Waals surface area (Å²) in [5, 5.41) is 1.88. The maximum absolute atomic E-state index is 6.55. The Kier molecular flexibility index (Phi) is 2.69. The van der Waals surface area contributed by atoms with Crippen LogP contribution in [0.3, 0.4) is 0 Å². The van der Waals surface area contributed by atoms with Gasteiger partial charge in [0.15, 0.2) is 0 Å². The van der Waals surface area contributed by atoms with Gasteiger partial charge < -0.3 is 4.74 Å². The molecule has 3 aromatic rings. The number of hydrogen-bond donors (Lipinski definition) is 0. The number of ether oxygens (including phenoxy) is 1. The van der Waals surface area contributed by atoms with Gasteiger partial charge in [0, 0.05) is 23.1 Å². The van der Waals surface area contributed by atoms with E-state index in [0.717, 1.165) is 32.8 Å². The van der Waals surface area contributed by atoms with E-state index in [1.807, 2.05) is 12.1 Å². The fraction of sp³-hybridized carbons (Fsp3) is 0.167. The SMILES string of the molecule is COc1ccnc2ccc(-c3ccc4c(c3Cl)C4C)cc12. The molecular weight excluding hydrogens is 282 g/mol. The predicted octanol–water partition coefficient (Wildman–Crippen LogP) is 5.03. The summed E-state index contributed by atoms with van der Waals surface area (Å²) in [4.78, 5) is 4.37. The van der Waals surface area contributed by atoms with Crippen molar-refractivity contribution in [3.05, 3.63) is 58.7 Å². The van der Waals surface area contributed by atoms with E-state index in [1.54, 1.807) is 13.3 Å². The Morgan fingerprint density at radius 3 is 2.81 bits per heavy atom. The van der Waals surface area contributed by atoms with Gasteiger partial charge in [-0.25, -0.2) is 0 Å². The zero-order valence-corrected chi connectivity index (χ0v) is 12.6. The lowest BCUT2D eigenvalue weighted by Gasteiger charge is -2.08. The first kappa shape index (κ1) is 12.7. The summed E-state index contributed by atoms with van der Waals surface area (Å²) in [7, 11) is 1.68. The van der Waals surface area contributed by atoms with Crippen molar-refractivity contribution >= 4 is 22.5 Å². The minimum Gasteiger partial charge on any atom is -0.496 e. The predicted molar refractivity (Wildman–Crippen MR) is 86.3 cm³/mol. The number of hydrogen-bond acceptors (Lipinski definition) is 2. The monoisotopic (exact) mass is 295 g/mol. The number of fused-ring (bicyclic) bond motifs is 2. The molecule has 104 valence electrons. The summed E-state index contributed by atoms with van der Waals surface area (Å²) in [5.41, 5.74) is 5.75. The van der Waals surface area contributed by atoms with Crippen LogP contribution >= 0.6 is 11.6 Å². The third-order valence-corrected chi connectivity index (χ3v) is 4.67. The lowest BCUT2D eigenvalue weighted by atomic mass is 10.0. The van der Waals surface area contributed by atoms with Crippen molar-refractivity contribution in [2.45, 2.75) is 12.8 Å². The molecule has 1 heterocycles. The highest BCUT2D eigenvalue weighted by atomic mass is 35.5. The minimum atomic E-state index is 0.503. The Labute approximate surface area is 128 Å². The Hall–Kier alpha value is -2.06. The number of rotatable bonds is 2. The van der Waals surface area contributed by atoms with Gasteiger partial charge in [-0.15, -0.1) is 0 Å². The van der Waals surface area contributed by atoms with Gasteiger partial charge in [0.05, 0.1) is 17.6 Å². The van der Waals surface area contributed by atoms with Crippen molar-refractivity contribution in [1.82, 2.24) is 4.98 Å². The number of pyridine rings is 1. The number of halogens is 1. The van der Waals surface area contributed by atoms with Gasteiger partial charge in [-0.3, -0.25) is 4.98 Å². The normalized spacial score (nSPS) is 15.9. The molecule has 0 radical (unpaired) electrons. The zero-order chi connectivity index (χ0) is 14.6. The Morgan fingerprint density at radius 1 is 1.14 bits per heavy atom. The van der Waals surface area contributed by atoms with Gasteiger partial charge in [-0.05, 0) is 34.9 Å². The standard InChI is InChI=1S/C18H14ClNO/c1-10-12-4-5-13(18(19)17(10)12)11-3-6-15-14(9-11)16(21-2)7-8-20-15/h3-10H,1-2H3. The first-order valence-corrected chi connectivity index (χ1v) is 7.34. The molecule has 4 rings (SSSR count). The zero-order valence-electron chi connectivity index (χ0n) is 11.9. The molecule has 0 saturated carbocycles. The maximum Gasteiger partial charge on any atom is 0.129 e. The molecule has 3 heteroatoms. The van der Waals surface area contributed by atoms with E-state index in [-0.39, 0.29) is 0 Å². The molecule has 2 nitrogen and oxygen atoms in total. The summed E-state index contributed by atoms with van der Waals surface area (Å²) in [6.45, 7) is 2.19. The molecule has 1 aromatic heterocycles. The molecule has 21 heavy (non-hydrogen) atoms. The van der Waals surface area contributed by atoms with Crippen molar-refractivity contribution in [2.75, 3.05) is 7.11 Å². The van der Waals surface area contributed by atoms with E-state index < -0.39 is 0 Å². The van der Waals surface area contributed by atoms with Crippen LogP contribution in [0.15, 0.2) is 42.6 Å². The summed E-state index contributed by atoms with van der Waals surface area (Å²) in [6, 6.07) is 12.3. The van der Waals surface area contributed by atoms with Crippen molar-refractivity contribution < 1.29 is 4.74 Å². The highest BCUT2D eigenvalue weighted by Gasteiger charge is 2.32. The molecule has 0 amide bonds. The van der Waals surface area contributed by atoms with E-state index in [0.29, 0.717) is 5.92 Å². The fourth-order valence-electron chi connectivity index (χ4n) is 2.99. The number of methoxy groups -OCH3 is 1. The highest BCUT2D eigenvalue weighted by Crippen LogP contribution is 2.50. The van der Waals surface area contributed by atoms with Crippen molar-refractivity contribution in [2.24, 2.45) is 0 Å². The molecule has 0 saturated heterocycles. The highest BCUT2D eigenvalue weighted by molar-refractivity contribution is 6.35. The van der Waals surface area contributed by atoms with Crippen LogP contribution in [0.2, 0.25) is 5.02 Å². The molecule has 0 N–H and O–H groups in total. The van der Waals surface area contributed by atoms with Gasteiger partial charge in [0.25, 0.3) is 0 Å². The minimum absolute atomic E-state index is 0.503. The Morgan fingerprint density at radius 2 is 2.00 bits per heavy atom. The maximum atomic E-state index is 6.55. The van der Waals surface area contributed by atoms with E-state index in [9.17, 15) is 0 Å². The molecular formula is C18H14ClNO. The molecule has 1 aliphatic carbocycles. The van der Waals surface area contributed by atoms with E-state index in [2.05, 4.69) is 36.2 Å². The van der Waals surface area contributed by atoms with Crippen molar-refractivity contribution in [1.29, 1.82) is 0 Å². The lowest BCUT2D eigenvalue weighted by Crippen LogP contribution is -1.88. The summed E-state index contributed by atoms with van der Waals surface area (Å²) >= 11 is 6.55. The van der Waals surface area contributed by atoms with Crippen LogP contribution < -0.4 is 4.74 Å². The first-order chi connectivity index (χ1) is 10.2. The van der Waals surface area contributed by atoms with Crippen LogP contribution in [-0.2, 0) is 0 Å². The molecule has 0 fully saturated rings. The van der Waals surface area contributed by atoms with Crippen molar-refractivity contribution in [3.8, 4) is 16.9 Å². The number of benzene rings is 2. The Bertz CT molecular complexity index is 872. The molecule has 1 unspecified atom stereocenters. The van der Waals surface area contributed by atoms with Crippen molar-refractivity contribution in [3.63, 3.8) is 0 Å². The summed E-state index contributed by atoms with van der Waals surface area (Å²) in [5.74, 6) is 1.33. The van der Waals surface area contributed by atoms with Gasteiger partial charge in [0.1, 0.15) is 5.75 Å². The fourth-order valence-corrected chi connectivity index (χ4v) is 3.43. The quantitative estimate of drug-likeness (QED) is 0.661. The molecule has 0 spiro atoms. The second-order valence-electron chi connectivity index (χ2n) is 5.40. The second kappa shape index (κ2) is 4.47. The largest absolute Gasteiger partial charge is 0.496 e. The van der Waals surface area contributed by atoms with Crippen LogP contribution in [-0.4, -0.2) is 12.1 Å². The smallest absolute Gasteiger partial charge is 0.129 e. The van der Waals surface area contributed by atoms with Gasteiger partial charge in [-0.2, -0.15) is 0 Å². The molecule has 1 aliphatic rings. The third-order valence-electron chi connectivity index (χ3n) is 4.26. The molecule has 1 atom stereocenters. The topological polar surface area (TPSA) is 22.1 Å². The summed E-state index contributed by atoms with van der Waals surface area (Å²) in [6.07, 6.45) is 1.76. The van der Waals surface area contributed by atoms with Crippen LogP contribution in [0.4, 0.5) is 0 Å². The van der Waals surface area contributed by atoms with E-state index in [1.165, 1.54) is 11.1 Å². The average molecular weight is 296 g/mol. The average Bonchev–Trinajstić information content (AvgIpc) is 3.18.